The van der Waals surface area contributed by atoms with Crippen molar-refractivity contribution >= 4 is 28.3 Å². The van der Waals surface area contributed by atoms with E-state index in [9.17, 15) is 4.79 Å². The van der Waals surface area contributed by atoms with E-state index in [1.807, 2.05) is 46.2 Å². The molecule has 0 spiro atoms. The summed E-state index contributed by atoms with van der Waals surface area (Å²) in [4.78, 5) is 25.4. The van der Waals surface area contributed by atoms with Crippen molar-refractivity contribution in [1.82, 2.24) is 19.4 Å². The number of para-hydroxylation sites is 2. The van der Waals surface area contributed by atoms with Crippen molar-refractivity contribution in [3.05, 3.63) is 35.5 Å². The first-order valence-corrected chi connectivity index (χ1v) is 10.3. The Morgan fingerprint density at radius 1 is 1.37 bits per heavy atom. The Morgan fingerprint density at radius 3 is 2.93 bits per heavy atom. The zero-order valence-electron chi connectivity index (χ0n) is 15.8. The molecule has 3 heterocycles. The number of hydrogen-bond acceptors (Lipinski definition) is 5. The first kappa shape index (κ1) is 18.1. The largest absolute Gasteiger partial charge is 0.337 e. The molecule has 27 heavy (non-hydrogen) atoms. The number of carbonyl (C=O) groups is 1. The number of carbonyl (C=O) groups excluding carboxylic acids is 1. The van der Waals surface area contributed by atoms with E-state index in [0.29, 0.717) is 12.5 Å². The zero-order valence-corrected chi connectivity index (χ0v) is 16.6. The number of aromatic nitrogens is 3. The summed E-state index contributed by atoms with van der Waals surface area (Å²) < 4.78 is 2.03. The van der Waals surface area contributed by atoms with Gasteiger partial charge in [-0.1, -0.05) is 19.1 Å². The molecule has 3 aromatic rings. The van der Waals surface area contributed by atoms with Crippen molar-refractivity contribution in [2.24, 2.45) is 11.7 Å². The van der Waals surface area contributed by atoms with Crippen LogP contribution in [0.25, 0.3) is 21.7 Å². The Balaban J connectivity index is 1.71. The van der Waals surface area contributed by atoms with E-state index in [1.54, 1.807) is 11.3 Å². The molecule has 142 valence electrons. The van der Waals surface area contributed by atoms with E-state index in [-0.39, 0.29) is 18.5 Å². The van der Waals surface area contributed by atoms with Gasteiger partial charge in [-0.05, 0) is 37.8 Å². The van der Waals surface area contributed by atoms with Crippen LogP contribution >= 0.6 is 11.3 Å². The third-order valence-corrected chi connectivity index (χ3v) is 6.39. The second-order valence-corrected chi connectivity index (χ2v) is 8.24. The standard InChI is InChI=1S/C20H25N5OS/c1-13-7-8-24(15(9-13)10-21)18(26)11-25-17-6-4-3-5-16(17)23-20(25)19-14(2)22-12-27-19/h3-6,12-13,15H,7-11,21H2,1-2H3. The molecule has 0 aliphatic carbocycles. The van der Waals surface area contributed by atoms with Gasteiger partial charge in [0.2, 0.25) is 5.91 Å². The maximum absolute atomic E-state index is 13.2. The fraction of sp³-hybridized carbons (Fsp3) is 0.450. The van der Waals surface area contributed by atoms with Crippen LogP contribution in [0.1, 0.15) is 25.5 Å². The number of fused-ring (bicyclic) bond motifs is 1. The molecule has 1 aliphatic rings. The Bertz CT molecular complexity index is 962. The molecule has 2 unspecified atom stereocenters. The third-order valence-electron chi connectivity index (χ3n) is 5.47. The quantitative estimate of drug-likeness (QED) is 0.751. The molecule has 1 aromatic carbocycles. The lowest BCUT2D eigenvalue weighted by molar-refractivity contribution is -0.135. The number of imidazole rings is 1. The second-order valence-electron chi connectivity index (χ2n) is 7.38. The van der Waals surface area contributed by atoms with Gasteiger partial charge in [-0.2, -0.15) is 0 Å². The number of nitrogens with two attached hydrogens (primary N) is 1. The van der Waals surface area contributed by atoms with Crippen LogP contribution in [0.3, 0.4) is 0 Å². The monoisotopic (exact) mass is 383 g/mol. The van der Waals surface area contributed by atoms with Gasteiger partial charge in [0.05, 0.1) is 27.1 Å². The maximum Gasteiger partial charge on any atom is 0.242 e. The molecule has 7 heteroatoms. The molecule has 0 radical (unpaired) electrons. The van der Waals surface area contributed by atoms with Crippen LogP contribution in [0.15, 0.2) is 29.8 Å². The summed E-state index contributed by atoms with van der Waals surface area (Å²) in [6, 6.07) is 8.10. The lowest BCUT2D eigenvalue weighted by Gasteiger charge is -2.38. The highest BCUT2D eigenvalue weighted by Crippen LogP contribution is 2.30. The van der Waals surface area contributed by atoms with E-state index in [4.69, 9.17) is 10.7 Å². The molecular weight excluding hydrogens is 358 g/mol. The molecule has 0 bridgehead atoms. The van der Waals surface area contributed by atoms with Crippen molar-refractivity contribution in [1.29, 1.82) is 0 Å². The summed E-state index contributed by atoms with van der Waals surface area (Å²) in [5, 5.41) is 0. The van der Waals surface area contributed by atoms with E-state index in [0.717, 1.165) is 46.8 Å². The van der Waals surface area contributed by atoms with Crippen LogP contribution < -0.4 is 5.73 Å². The summed E-state index contributed by atoms with van der Waals surface area (Å²) >= 11 is 1.56. The number of piperidine rings is 1. The van der Waals surface area contributed by atoms with Crippen molar-refractivity contribution in [3.8, 4) is 10.7 Å². The molecule has 1 saturated heterocycles. The number of benzene rings is 1. The highest BCUT2D eigenvalue weighted by Gasteiger charge is 2.30. The first-order chi connectivity index (χ1) is 13.1. The van der Waals surface area contributed by atoms with Crippen LogP contribution in [-0.2, 0) is 11.3 Å². The molecule has 1 aliphatic heterocycles. The molecule has 1 fully saturated rings. The molecule has 4 rings (SSSR count). The number of nitrogens with zero attached hydrogens (tertiary/aromatic N) is 4. The average Bonchev–Trinajstić information content (AvgIpc) is 3.25. The van der Waals surface area contributed by atoms with Gasteiger partial charge in [-0.15, -0.1) is 11.3 Å². The zero-order chi connectivity index (χ0) is 19.0. The molecule has 6 nitrogen and oxygen atoms in total. The van der Waals surface area contributed by atoms with Crippen LogP contribution in [-0.4, -0.2) is 44.5 Å². The molecule has 2 atom stereocenters. The van der Waals surface area contributed by atoms with Crippen molar-refractivity contribution in [3.63, 3.8) is 0 Å². The Morgan fingerprint density at radius 2 is 2.19 bits per heavy atom. The number of rotatable bonds is 4. The van der Waals surface area contributed by atoms with Gasteiger partial charge in [-0.3, -0.25) is 4.79 Å². The topological polar surface area (TPSA) is 77.0 Å². The van der Waals surface area contributed by atoms with Gasteiger partial charge in [0.15, 0.2) is 5.82 Å². The fourth-order valence-electron chi connectivity index (χ4n) is 3.95. The average molecular weight is 384 g/mol. The summed E-state index contributed by atoms with van der Waals surface area (Å²) in [7, 11) is 0. The Kier molecular flexibility index (Phi) is 4.97. The van der Waals surface area contributed by atoms with Gasteiger partial charge in [-0.25, -0.2) is 9.97 Å². The van der Waals surface area contributed by atoms with E-state index >= 15 is 0 Å². The number of hydrogen-bond donors (Lipinski definition) is 1. The second kappa shape index (κ2) is 7.40. The first-order valence-electron chi connectivity index (χ1n) is 9.43. The number of likely N-dealkylation sites (tertiary alicyclic amines) is 1. The number of thiazole rings is 1. The number of amides is 1. The van der Waals surface area contributed by atoms with Crippen molar-refractivity contribution in [2.75, 3.05) is 13.1 Å². The smallest absolute Gasteiger partial charge is 0.242 e. The maximum atomic E-state index is 13.2. The molecule has 0 saturated carbocycles. The molecule has 2 aromatic heterocycles. The highest BCUT2D eigenvalue weighted by atomic mass is 32.1. The van der Waals surface area contributed by atoms with Crippen molar-refractivity contribution < 1.29 is 4.79 Å². The van der Waals surface area contributed by atoms with Crippen LogP contribution in [0, 0.1) is 12.8 Å². The van der Waals surface area contributed by atoms with E-state index in [2.05, 4.69) is 11.9 Å². The fourth-order valence-corrected chi connectivity index (χ4v) is 4.76. The normalized spacial score (nSPS) is 20.3. The van der Waals surface area contributed by atoms with Gasteiger partial charge >= 0.3 is 0 Å². The van der Waals surface area contributed by atoms with E-state index in [1.165, 1.54) is 0 Å². The summed E-state index contributed by atoms with van der Waals surface area (Å²) in [5.74, 6) is 1.55. The predicted octanol–water partition coefficient (Wildman–Crippen LogP) is 3.05. The SMILES string of the molecule is Cc1ncsc1-c1nc2ccccc2n1CC(=O)N1CCC(C)CC1CN. The number of aryl methyl sites for hydroxylation is 1. The molecule has 2 N–H and O–H groups in total. The minimum Gasteiger partial charge on any atom is -0.337 e. The minimum atomic E-state index is 0.115. The minimum absolute atomic E-state index is 0.115. The van der Waals surface area contributed by atoms with Gasteiger partial charge < -0.3 is 15.2 Å². The summed E-state index contributed by atoms with van der Waals surface area (Å²) in [6.45, 7) is 5.79. The highest BCUT2D eigenvalue weighted by molar-refractivity contribution is 7.13. The summed E-state index contributed by atoms with van der Waals surface area (Å²) in [5.41, 5.74) is 10.6. The van der Waals surface area contributed by atoms with Crippen LogP contribution in [0.2, 0.25) is 0 Å². The lowest BCUT2D eigenvalue weighted by Crippen LogP contribution is -2.50. The molecular formula is C20H25N5OS. The Hall–Kier alpha value is -2.25. The van der Waals surface area contributed by atoms with Gasteiger partial charge in [0.1, 0.15) is 6.54 Å². The van der Waals surface area contributed by atoms with Gasteiger partial charge in [0.25, 0.3) is 0 Å². The van der Waals surface area contributed by atoms with E-state index < -0.39 is 0 Å². The summed E-state index contributed by atoms with van der Waals surface area (Å²) in [6.07, 6.45) is 2.02. The lowest BCUT2D eigenvalue weighted by atomic mass is 9.92. The third kappa shape index (κ3) is 3.37. The van der Waals surface area contributed by atoms with Crippen LogP contribution in [0.5, 0.6) is 0 Å². The predicted molar refractivity (Wildman–Crippen MR) is 109 cm³/mol. The Labute approximate surface area is 163 Å². The van der Waals surface area contributed by atoms with Crippen LogP contribution in [0.4, 0.5) is 0 Å². The van der Waals surface area contributed by atoms with Crippen molar-refractivity contribution in [2.45, 2.75) is 39.3 Å². The molecule has 1 amide bonds. The van der Waals surface area contributed by atoms with Gasteiger partial charge in [0, 0.05) is 19.1 Å².